The molecule has 0 aliphatic carbocycles. The Labute approximate surface area is 129 Å². The second-order valence-corrected chi connectivity index (χ2v) is 9.12. The maximum Gasteiger partial charge on any atom is 0.0803 e. The average Bonchev–Trinajstić information content (AvgIpc) is 2.57. The fraction of sp³-hybridized carbons (Fsp3) is 0.368. The minimum Gasteiger partial charge on any atom is -0.382 e. The molecule has 2 aromatic rings. The molecule has 1 nitrogen and oxygen atoms in total. The van der Waals surface area contributed by atoms with Gasteiger partial charge in [0.1, 0.15) is 0 Å². The molecule has 1 saturated heterocycles. The third kappa shape index (κ3) is 4.29. The van der Waals surface area contributed by atoms with Gasteiger partial charge in [0, 0.05) is 12.3 Å². The number of rotatable bonds is 5. The maximum absolute atomic E-state index is 6.15. The van der Waals surface area contributed by atoms with E-state index < -0.39 is 8.80 Å². The summed E-state index contributed by atoms with van der Waals surface area (Å²) in [5.41, 5.74) is 3.53. The van der Waals surface area contributed by atoms with Crippen LogP contribution in [0.4, 0.5) is 0 Å². The molecule has 0 aromatic heterocycles. The molecule has 1 aliphatic rings. The van der Waals surface area contributed by atoms with Crippen molar-refractivity contribution in [3.63, 3.8) is 0 Å². The number of ether oxygens (including phenoxy) is 1. The minimum absolute atomic E-state index is 0.555. The number of hydrogen-bond donors (Lipinski definition) is 0. The molecule has 2 heteroatoms. The lowest BCUT2D eigenvalue weighted by atomic mass is 10.2. The Morgan fingerprint density at radius 3 is 1.86 bits per heavy atom. The van der Waals surface area contributed by atoms with Crippen molar-refractivity contribution in [2.24, 2.45) is 0 Å². The molecule has 110 valence electrons. The van der Waals surface area contributed by atoms with Crippen molar-refractivity contribution < 1.29 is 4.74 Å². The molecular formula is C19H24OSi. The zero-order chi connectivity index (χ0) is 14.3. The smallest absolute Gasteiger partial charge is 0.0803 e. The molecule has 0 radical (unpaired) electrons. The molecule has 2 aromatic carbocycles. The van der Waals surface area contributed by atoms with Crippen LogP contribution in [0.25, 0.3) is 0 Å². The highest BCUT2D eigenvalue weighted by Gasteiger charge is 2.26. The van der Waals surface area contributed by atoms with Crippen LogP contribution in [0.1, 0.15) is 30.4 Å². The van der Waals surface area contributed by atoms with Crippen LogP contribution in [-0.2, 0) is 16.8 Å². The first kappa shape index (κ1) is 14.5. The molecule has 0 spiro atoms. The van der Waals surface area contributed by atoms with Crippen molar-refractivity contribution >= 4 is 8.80 Å². The summed E-state index contributed by atoms with van der Waals surface area (Å²) >= 11 is 0. The first-order valence-corrected chi connectivity index (χ1v) is 10.4. The summed E-state index contributed by atoms with van der Waals surface area (Å²) in [6.07, 6.45) is 3.86. The van der Waals surface area contributed by atoms with Crippen molar-refractivity contribution in [1.29, 1.82) is 0 Å². The van der Waals surface area contributed by atoms with Crippen molar-refractivity contribution in [2.45, 2.75) is 37.1 Å². The molecule has 1 unspecified atom stereocenters. The normalized spacial score (nSPS) is 18.8. The van der Waals surface area contributed by atoms with E-state index in [2.05, 4.69) is 60.7 Å². The van der Waals surface area contributed by atoms with E-state index in [0.717, 1.165) is 6.61 Å². The van der Waals surface area contributed by atoms with Gasteiger partial charge in [-0.2, -0.15) is 0 Å². The number of hydrogen-bond acceptors (Lipinski definition) is 1. The van der Waals surface area contributed by atoms with Gasteiger partial charge in [0.05, 0.1) is 8.80 Å². The van der Waals surface area contributed by atoms with E-state index in [4.69, 9.17) is 4.74 Å². The topological polar surface area (TPSA) is 9.23 Å². The number of benzene rings is 2. The van der Waals surface area contributed by atoms with Gasteiger partial charge in [-0.05, 0) is 31.4 Å². The van der Waals surface area contributed by atoms with Gasteiger partial charge in [-0.1, -0.05) is 71.8 Å². The van der Waals surface area contributed by atoms with E-state index in [1.54, 1.807) is 0 Å². The van der Waals surface area contributed by atoms with Gasteiger partial charge < -0.3 is 4.74 Å². The van der Waals surface area contributed by atoms with E-state index in [-0.39, 0.29) is 0 Å². The Morgan fingerprint density at radius 2 is 1.38 bits per heavy atom. The lowest BCUT2D eigenvalue weighted by Crippen LogP contribution is -2.40. The fourth-order valence-corrected chi connectivity index (χ4v) is 6.85. The molecular weight excluding hydrogens is 272 g/mol. The van der Waals surface area contributed by atoms with Gasteiger partial charge in [0.15, 0.2) is 0 Å². The molecule has 1 heterocycles. The van der Waals surface area contributed by atoms with E-state index >= 15 is 0 Å². The fourth-order valence-electron chi connectivity index (χ4n) is 3.31. The van der Waals surface area contributed by atoms with Crippen LogP contribution >= 0.6 is 0 Å². The highest BCUT2D eigenvalue weighted by atomic mass is 28.3. The van der Waals surface area contributed by atoms with Crippen LogP contribution in [-0.4, -0.2) is 21.1 Å². The molecule has 3 rings (SSSR count). The largest absolute Gasteiger partial charge is 0.382 e. The van der Waals surface area contributed by atoms with Crippen LogP contribution in [0, 0.1) is 0 Å². The SMILES string of the molecule is c1ccc(C[SiH](Cc2ccccc2)C2CCCCO2)cc1. The summed E-state index contributed by atoms with van der Waals surface area (Å²) < 4.78 is 6.15. The summed E-state index contributed by atoms with van der Waals surface area (Å²) in [5.74, 6) is 0. The molecule has 1 atom stereocenters. The Kier molecular flexibility index (Phi) is 5.25. The Morgan fingerprint density at radius 1 is 0.810 bits per heavy atom. The van der Waals surface area contributed by atoms with Crippen molar-refractivity contribution in [2.75, 3.05) is 6.61 Å². The summed E-state index contributed by atoms with van der Waals surface area (Å²) in [5, 5.41) is 0. The average molecular weight is 296 g/mol. The molecule has 0 saturated carbocycles. The van der Waals surface area contributed by atoms with E-state index in [9.17, 15) is 0 Å². The van der Waals surface area contributed by atoms with E-state index in [0.29, 0.717) is 5.73 Å². The minimum atomic E-state index is -0.991. The lowest BCUT2D eigenvalue weighted by molar-refractivity contribution is 0.0618. The monoisotopic (exact) mass is 296 g/mol. The summed E-state index contributed by atoms with van der Waals surface area (Å²) in [6, 6.07) is 24.4. The quantitative estimate of drug-likeness (QED) is 0.761. The first-order valence-electron chi connectivity index (χ1n) is 8.11. The molecule has 0 N–H and O–H groups in total. The van der Waals surface area contributed by atoms with Crippen molar-refractivity contribution in [3.8, 4) is 0 Å². The second-order valence-electron chi connectivity index (χ2n) is 6.04. The van der Waals surface area contributed by atoms with Gasteiger partial charge in [-0.15, -0.1) is 0 Å². The van der Waals surface area contributed by atoms with Crippen LogP contribution < -0.4 is 0 Å². The van der Waals surface area contributed by atoms with Crippen LogP contribution in [0.2, 0.25) is 0 Å². The first-order chi connectivity index (χ1) is 10.4. The van der Waals surface area contributed by atoms with E-state index in [1.165, 1.54) is 42.5 Å². The predicted octanol–water partition coefficient (Wildman–Crippen LogP) is 3.89. The third-order valence-corrected chi connectivity index (χ3v) is 7.99. The Bertz CT molecular complexity index is 478. The van der Waals surface area contributed by atoms with Gasteiger partial charge in [-0.25, -0.2) is 0 Å². The summed E-state index contributed by atoms with van der Waals surface area (Å²) in [7, 11) is -0.991. The highest BCUT2D eigenvalue weighted by Crippen LogP contribution is 2.20. The van der Waals surface area contributed by atoms with Crippen LogP contribution in [0.5, 0.6) is 0 Å². The lowest BCUT2D eigenvalue weighted by Gasteiger charge is -2.30. The predicted molar refractivity (Wildman–Crippen MR) is 91.0 cm³/mol. The van der Waals surface area contributed by atoms with Crippen LogP contribution in [0.15, 0.2) is 60.7 Å². The zero-order valence-corrected chi connectivity index (χ0v) is 13.7. The zero-order valence-electron chi connectivity index (χ0n) is 12.6. The summed E-state index contributed by atoms with van der Waals surface area (Å²) in [4.78, 5) is 0. The molecule has 21 heavy (non-hydrogen) atoms. The maximum atomic E-state index is 6.15. The van der Waals surface area contributed by atoms with Gasteiger partial charge in [0.2, 0.25) is 0 Å². The van der Waals surface area contributed by atoms with Gasteiger partial charge in [0.25, 0.3) is 0 Å². The molecule has 0 bridgehead atoms. The Balaban J connectivity index is 1.73. The van der Waals surface area contributed by atoms with Crippen LogP contribution in [0.3, 0.4) is 0 Å². The van der Waals surface area contributed by atoms with Crippen molar-refractivity contribution in [3.05, 3.63) is 71.8 Å². The second kappa shape index (κ2) is 7.58. The molecule has 1 fully saturated rings. The Hall–Kier alpha value is -1.38. The van der Waals surface area contributed by atoms with Gasteiger partial charge >= 0.3 is 0 Å². The standard InChI is InChI=1S/C19H24OSi/c1-3-9-17(10-4-1)15-21(19-13-7-8-14-20-19)16-18-11-5-2-6-12-18/h1-6,9-12,19,21H,7-8,13-16H2. The van der Waals surface area contributed by atoms with Gasteiger partial charge in [-0.3, -0.25) is 0 Å². The molecule has 1 aliphatic heterocycles. The van der Waals surface area contributed by atoms with Crippen molar-refractivity contribution in [1.82, 2.24) is 0 Å². The van der Waals surface area contributed by atoms with E-state index in [1.807, 2.05) is 0 Å². The molecule has 0 amide bonds. The summed E-state index contributed by atoms with van der Waals surface area (Å²) in [6.45, 7) is 0.970. The highest BCUT2D eigenvalue weighted by molar-refractivity contribution is 6.59. The third-order valence-electron chi connectivity index (χ3n) is 4.42.